The summed E-state index contributed by atoms with van der Waals surface area (Å²) in [5.74, 6) is -1.47. The summed E-state index contributed by atoms with van der Waals surface area (Å²) in [6, 6.07) is 24.0. The van der Waals surface area contributed by atoms with Gasteiger partial charge in [0.15, 0.2) is 5.78 Å². The maximum Gasteiger partial charge on any atom is 0.277 e. The van der Waals surface area contributed by atoms with Crippen molar-refractivity contribution in [2.24, 2.45) is 11.1 Å². The lowest BCUT2D eigenvalue weighted by atomic mass is 9.74. The maximum atomic E-state index is 13.7. The van der Waals surface area contributed by atoms with Gasteiger partial charge in [0.25, 0.3) is 11.5 Å². The predicted octanol–water partition coefficient (Wildman–Crippen LogP) is 4.08. The van der Waals surface area contributed by atoms with E-state index in [0.717, 1.165) is 11.1 Å². The van der Waals surface area contributed by atoms with Crippen molar-refractivity contribution >= 4 is 23.1 Å². The summed E-state index contributed by atoms with van der Waals surface area (Å²) in [5.41, 5.74) is 2.60. The van der Waals surface area contributed by atoms with Crippen LogP contribution in [-0.2, 0) is 15.2 Å². The van der Waals surface area contributed by atoms with E-state index >= 15 is 0 Å². The molecule has 5 heteroatoms. The molecule has 5 nitrogen and oxygen atoms in total. The van der Waals surface area contributed by atoms with E-state index in [-0.39, 0.29) is 11.7 Å². The van der Waals surface area contributed by atoms with Gasteiger partial charge in [0, 0.05) is 22.4 Å². The minimum absolute atomic E-state index is 0.200. The van der Waals surface area contributed by atoms with Crippen LogP contribution in [0, 0.1) is 12.8 Å². The van der Waals surface area contributed by atoms with Crippen LogP contribution in [0.1, 0.15) is 27.0 Å². The number of nitrogens with zero attached hydrogens (tertiary/aromatic N) is 1. The van der Waals surface area contributed by atoms with Crippen molar-refractivity contribution in [3.05, 3.63) is 101 Å². The Morgan fingerprint density at radius 3 is 2.41 bits per heavy atom. The molecule has 0 bridgehead atoms. The first-order valence-corrected chi connectivity index (χ1v) is 9.44. The Balaban J connectivity index is 1.70. The third kappa shape index (κ3) is 2.51. The van der Waals surface area contributed by atoms with Crippen LogP contribution in [0.3, 0.4) is 0 Å². The lowest BCUT2D eigenvalue weighted by Gasteiger charge is -2.26. The van der Waals surface area contributed by atoms with Gasteiger partial charge < -0.3 is 10.2 Å². The van der Waals surface area contributed by atoms with E-state index in [9.17, 15) is 9.59 Å². The van der Waals surface area contributed by atoms with Crippen LogP contribution in [0.2, 0.25) is 0 Å². The molecule has 0 radical (unpaired) electrons. The van der Waals surface area contributed by atoms with Crippen molar-refractivity contribution < 1.29 is 14.4 Å². The number of benzene rings is 3. The zero-order valence-corrected chi connectivity index (χ0v) is 15.8. The first-order chi connectivity index (χ1) is 14.1. The molecule has 3 aromatic carbocycles. The zero-order valence-electron chi connectivity index (χ0n) is 15.8. The molecule has 0 saturated heterocycles. The molecule has 0 aliphatic carbocycles. The molecule has 0 aromatic heterocycles. The average molecular weight is 382 g/mol. The van der Waals surface area contributed by atoms with Gasteiger partial charge in [0.05, 0.1) is 0 Å². The van der Waals surface area contributed by atoms with Crippen molar-refractivity contribution in [3.63, 3.8) is 0 Å². The molecular weight excluding hydrogens is 364 g/mol. The lowest BCUT2D eigenvalue weighted by molar-refractivity contribution is -0.140. The second kappa shape index (κ2) is 6.41. The Labute approximate surface area is 168 Å². The Kier molecular flexibility index (Phi) is 3.84. The second-order valence-corrected chi connectivity index (χ2v) is 7.33. The largest absolute Gasteiger partial charge is 0.373 e. The summed E-state index contributed by atoms with van der Waals surface area (Å²) >= 11 is 0. The van der Waals surface area contributed by atoms with E-state index in [2.05, 4.69) is 10.5 Å². The number of nitrogens with one attached hydrogen (secondary N) is 1. The molecule has 1 amide bonds. The molecule has 142 valence electrons. The Hall–Kier alpha value is -3.73. The number of oxime groups is 1. The lowest BCUT2D eigenvalue weighted by Crippen LogP contribution is -2.46. The number of carbonyl (C=O) groups is 2. The number of rotatable bonds is 3. The third-order valence-electron chi connectivity index (χ3n) is 5.55. The van der Waals surface area contributed by atoms with E-state index in [0.29, 0.717) is 22.5 Å². The van der Waals surface area contributed by atoms with Crippen LogP contribution in [0.25, 0.3) is 0 Å². The number of ketones is 1. The van der Waals surface area contributed by atoms with Gasteiger partial charge in [-0.25, -0.2) is 0 Å². The number of Topliss-reactive ketones (excluding diaryl/α,β-unsaturated/α-hetero) is 1. The van der Waals surface area contributed by atoms with E-state index in [1.165, 1.54) is 0 Å². The van der Waals surface area contributed by atoms with E-state index in [1.807, 2.05) is 55.5 Å². The number of carbonyl (C=O) groups excluding carboxylic acids is 2. The van der Waals surface area contributed by atoms with E-state index in [4.69, 9.17) is 4.84 Å². The monoisotopic (exact) mass is 382 g/mol. The molecule has 2 heterocycles. The van der Waals surface area contributed by atoms with Gasteiger partial charge in [-0.2, -0.15) is 0 Å². The molecule has 0 fully saturated rings. The summed E-state index contributed by atoms with van der Waals surface area (Å²) in [4.78, 5) is 32.7. The predicted molar refractivity (Wildman–Crippen MR) is 110 cm³/mol. The molecule has 1 spiro atoms. The van der Waals surface area contributed by atoms with Crippen LogP contribution in [0.4, 0.5) is 5.69 Å². The summed E-state index contributed by atoms with van der Waals surface area (Å²) in [6.45, 7) is 1.99. The number of hydrogen-bond acceptors (Lipinski definition) is 4. The highest BCUT2D eigenvalue weighted by Gasteiger charge is 2.63. The van der Waals surface area contributed by atoms with Crippen LogP contribution >= 0.6 is 0 Å². The fraction of sp³-hybridized carbons (Fsp3) is 0.125. The number of fused-ring (bicyclic) bond motifs is 2. The number of aryl methyl sites for hydroxylation is 1. The topological polar surface area (TPSA) is 67.8 Å². The molecule has 0 saturated carbocycles. The standard InChI is InChI=1S/C24H18N2O3/c1-15-11-13-16(14-12-15)21-20(22(27)17-7-3-2-4-8-17)24(29-26-21)18-9-5-6-10-19(18)25-23(24)28/h2-14,20H,1H3,(H,25,28)/t20-,24-/m1/s1. The minimum atomic E-state index is -1.51. The summed E-state index contributed by atoms with van der Waals surface area (Å²) in [6.07, 6.45) is 0. The average Bonchev–Trinajstić information content (AvgIpc) is 3.28. The van der Waals surface area contributed by atoms with Crippen molar-refractivity contribution in [1.29, 1.82) is 0 Å². The smallest absolute Gasteiger partial charge is 0.277 e. The number of hydrogen-bond donors (Lipinski definition) is 1. The van der Waals surface area contributed by atoms with Gasteiger partial charge in [-0.1, -0.05) is 83.5 Å². The molecule has 2 aliphatic rings. The molecule has 1 N–H and O–H groups in total. The van der Waals surface area contributed by atoms with Crippen molar-refractivity contribution in [3.8, 4) is 0 Å². The summed E-state index contributed by atoms with van der Waals surface area (Å²) < 4.78 is 0. The maximum absolute atomic E-state index is 13.7. The van der Waals surface area contributed by atoms with Crippen LogP contribution < -0.4 is 5.32 Å². The van der Waals surface area contributed by atoms with Crippen LogP contribution in [0.15, 0.2) is 84.0 Å². The van der Waals surface area contributed by atoms with Gasteiger partial charge in [-0.05, 0) is 13.0 Å². The minimum Gasteiger partial charge on any atom is -0.373 e. The molecular formula is C24H18N2O3. The molecule has 5 rings (SSSR count). The fourth-order valence-electron chi connectivity index (χ4n) is 4.07. The van der Waals surface area contributed by atoms with Crippen molar-refractivity contribution in [2.75, 3.05) is 5.32 Å². The molecule has 3 aromatic rings. The number of para-hydroxylation sites is 1. The highest BCUT2D eigenvalue weighted by molar-refractivity contribution is 6.24. The second-order valence-electron chi connectivity index (χ2n) is 7.33. The van der Waals surface area contributed by atoms with Crippen LogP contribution in [0.5, 0.6) is 0 Å². The first kappa shape index (κ1) is 17.4. The first-order valence-electron chi connectivity index (χ1n) is 9.44. The van der Waals surface area contributed by atoms with Gasteiger partial charge in [0.1, 0.15) is 11.6 Å². The Bertz CT molecular complexity index is 1150. The van der Waals surface area contributed by atoms with E-state index in [1.54, 1.807) is 30.3 Å². The van der Waals surface area contributed by atoms with Gasteiger partial charge in [-0.3, -0.25) is 9.59 Å². The summed E-state index contributed by atoms with van der Waals surface area (Å²) in [7, 11) is 0. The highest BCUT2D eigenvalue weighted by Crippen LogP contribution is 2.49. The fourth-order valence-corrected chi connectivity index (χ4v) is 4.07. The van der Waals surface area contributed by atoms with E-state index < -0.39 is 11.5 Å². The van der Waals surface area contributed by atoms with Gasteiger partial charge >= 0.3 is 0 Å². The third-order valence-corrected chi connectivity index (χ3v) is 5.55. The highest BCUT2D eigenvalue weighted by atomic mass is 16.7. The zero-order chi connectivity index (χ0) is 20.0. The molecule has 29 heavy (non-hydrogen) atoms. The van der Waals surface area contributed by atoms with Gasteiger partial charge in [0.2, 0.25) is 0 Å². The number of anilines is 1. The number of amides is 1. The normalized spacial score (nSPS) is 22.0. The molecule has 2 aliphatic heterocycles. The molecule has 2 atom stereocenters. The van der Waals surface area contributed by atoms with Crippen molar-refractivity contribution in [1.82, 2.24) is 0 Å². The quantitative estimate of drug-likeness (QED) is 0.694. The Morgan fingerprint density at radius 1 is 0.966 bits per heavy atom. The Morgan fingerprint density at radius 2 is 1.66 bits per heavy atom. The van der Waals surface area contributed by atoms with Crippen molar-refractivity contribution in [2.45, 2.75) is 12.5 Å². The molecule has 0 unspecified atom stereocenters. The SMILES string of the molecule is Cc1ccc(C2=NO[C@@]3(C(=O)Nc4ccccc43)[C@H]2C(=O)c2ccccc2)cc1. The van der Waals surface area contributed by atoms with Crippen LogP contribution in [-0.4, -0.2) is 17.4 Å². The van der Waals surface area contributed by atoms with Gasteiger partial charge in [-0.15, -0.1) is 0 Å². The summed E-state index contributed by atoms with van der Waals surface area (Å²) in [5, 5.41) is 7.14.